The fraction of sp³-hybridized carbons (Fsp3) is 0.500. The summed E-state index contributed by atoms with van der Waals surface area (Å²) >= 11 is 3.47. The number of hydrogen-bond acceptors (Lipinski definition) is 5. The van der Waals surface area contributed by atoms with Crippen LogP contribution in [0, 0.1) is 5.41 Å². The minimum Gasteiger partial charge on any atom is -0.459 e. The number of hydrogen-bond donors (Lipinski definition) is 1. The molecule has 1 aromatic carbocycles. The molecule has 2 aliphatic heterocycles. The Balaban J connectivity index is 1.71. The van der Waals surface area contributed by atoms with E-state index in [1.54, 1.807) is 0 Å². The van der Waals surface area contributed by atoms with Crippen molar-refractivity contribution in [1.29, 1.82) is 0 Å². The standard InChI is InChI=1S/C24H28BrNO4/c1-14-20(23(28)30-13-17-5-4-10-29-17)21(15-6-8-16(25)9-7-15)22-18(26-14)11-24(2,3)12-19(22)27/h6-9,17,21,26H,4-5,10-13H2,1-3H3/t17-,21-/m1/s1. The Hall–Kier alpha value is -1.92. The fourth-order valence-electron chi connectivity index (χ4n) is 4.72. The molecule has 2 heterocycles. The summed E-state index contributed by atoms with van der Waals surface area (Å²) in [6, 6.07) is 7.83. The Bertz CT molecular complexity index is 923. The number of dihydropyridines is 1. The van der Waals surface area contributed by atoms with Crippen LogP contribution in [0.5, 0.6) is 0 Å². The minimum atomic E-state index is -0.421. The van der Waals surface area contributed by atoms with Crippen LogP contribution in [0.25, 0.3) is 0 Å². The van der Waals surface area contributed by atoms with Crippen molar-refractivity contribution in [1.82, 2.24) is 5.32 Å². The van der Waals surface area contributed by atoms with E-state index in [1.807, 2.05) is 31.2 Å². The number of esters is 1. The molecule has 0 aromatic heterocycles. The Morgan fingerprint density at radius 1 is 1.27 bits per heavy atom. The second kappa shape index (κ2) is 8.31. The molecule has 0 radical (unpaired) electrons. The van der Waals surface area contributed by atoms with E-state index in [2.05, 4.69) is 35.1 Å². The van der Waals surface area contributed by atoms with Crippen LogP contribution in [0.2, 0.25) is 0 Å². The lowest BCUT2D eigenvalue weighted by Gasteiger charge is -2.39. The fourth-order valence-corrected chi connectivity index (χ4v) is 4.98. The van der Waals surface area contributed by atoms with Gasteiger partial charge < -0.3 is 14.8 Å². The molecule has 1 N–H and O–H groups in total. The number of nitrogens with one attached hydrogen (secondary N) is 1. The van der Waals surface area contributed by atoms with Gasteiger partial charge in [0.2, 0.25) is 0 Å². The van der Waals surface area contributed by atoms with E-state index in [0.717, 1.165) is 40.7 Å². The third-order valence-electron chi connectivity index (χ3n) is 6.09. The average Bonchev–Trinajstić information content (AvgIpc) is 3.18. The third-order valence-corrected chi connectivity index (χ3v) is 6.62. The molecule has 0 unspecified atom stereocenters. The summed E-state index contributed by atoms with van der Waals surface area (Å²) in [5.74, 6) is -0.707. The summed E-state index contributed by atoms with van der Waals surface area (Å²) in [5.41, 5.74) is 3.71. The molecule has 0 amide bonds. The van der Waals surface area contributed by atoms with E-state index < -0.39 is 5.92 Å². The van der Waals surface area contributed by atoms with Gasteiger partial charge in [0, 0.05) is 40.4 Å². The van der Waals surface area contributed by atoms with Gasteiger partial charge in [-0.3, -0.25) is 4.79 Å². The molecule has 0 spiro atoms. The zero-order valence-corrected chi connectivity index (χ0v) is 19.3. The largest absolute Gasteiger partial charge is 0.459 e. The predicted molar refractivity (Wildman–Crippen MR) is 118 cm³/mol. The van der Waals surface area contributed by atoms with E-state index in [4.69, 9.17) is 9.47 Å². The Morgan fingerprint density at radius 3 is 2.67 bits per heavy atom. The number of allylic oxidation sites excluding steroid dienone is 3. The first-order valence-corrected chi connectivity index (χ1v) is 11.3. The highest BCUT2D eigenvalue weighted by Crippen LogP contribution is 2.46. The number of halogens is 1. The van der Waals surface area contributed by atoms with E-state index in [9.17, 15) is 9.59 Å². The van der Waals surface area contributed by atoms with Crippen molar-refractivity contribution in [2.75, 3.05) is 13.2 Å². The van der Waals surface area contributed by atoms with E-state index in [0.29, 0.717) is 24.2 Å². The SMILES string of the molecule is CC1=C(C(=O)OC[C@H]2CCCO2)[C@@H](c2ccc(Br)cc2)C2=C(CC(C)(C)CC2=O)N1. The van der Waals surface area contributed by atoms with Gasteiger partial charge in [0.25, 0.3) is 0 Å². The summed E-state index contributed by atoms with van der Waals surface area (Å²) < 4.78 is 12.2. The molecule has 1 fully saturated rings. The first-order valence-electron chi connectivity index (χ1n) is 10.5. The molecule has 3 aliphatic rings. The summed E-state index contributed by atoms with van der Waals surface area (Å²) in [6.45, 7) is 7.07. The molecule has 1 aliphatic carbocycles. The summed E-state index contributed by atoms with van der Waals surface area (Å²) in [5, 5.41) is 3.37. The van der Waals surface area contributed by atoms with Crippen molar-refractivity contribution >= 4 is 27.7 Å². The lowest BCUT2D eigenvalue weighted by molar-refractivity contribution is -0.142. The van der Waals surface area contributed by atoms with Crippen LogP contribution in [0.3, 0.4) is 0 Å². The number of ether oxygens (including phenoxy) is 2. The van der Waals surface area contributed by atoms with Gasteiger partial charge in [0.15, 0.2) is 5.78 Å². The monoisotopic (exact) mass is 473 g/mol. The minimum absolute atomic E-state index is 0.0376. The molecular weight excluding hydrogens is 446 g/mol. The maximum Gasteiger partial charge on any atom is 0.336 e. The molecule has 2 atom stereocenters. The van der Waals surface area contributed by atoms with Gasteiger partial charge in [-0.05, 0) is 49.3 Å². The molecule has 1 aromatic rings. The maximum atomic E-state index is 13.2. The number of rotatable bonds is 4. The molecule has 5 nitrogen and oxygen atoms in total. The van der Waals surface area contributed by atoms with E-state index >= 15 is 0 Å². The van der Waals surface area contributed by atoms with Crippen LogP contribution in [0.4, 0.5) is 0 Å². The second-order valence-electron chi connectivity index (χ2n) is 9.21. The van der Waals surface area contributed by atoms with Crippen molar-refractivity contribution in [3.8, 4) is 0 Å². The van der Waals surface area contributed by atoms with Crippen molar-refractivity contribution in [2.24, 2.45) is 5.41 Å². The lowest BCUT2D eigenvalue weighted by Crippen LogP contribution is -2.39. The topological polar surface area (TPSA) is 64.6 Å². The zero-order valence-electron chi connectivity index (χ0n) is 17.7. The van der Waals surface area contributed by atoms with Crippen LogP contribution >= 0.6 is 15.9 Å². The van der Waals surface area contributed by atoms with Crippen LogP contribution in [0.15, 0.2) is 51.3 Å². The van der Waals surface area contributed by atoms with Gasteiger partial charge in [0.05, 0.1) is 11.7 Å². The maximum absolute atomic E-state index is 13.2. The van der Waals surface area contributed by atoms with Gasteiger partial charge in [-0.1, -0.05) is 41.9 Å². The van der Waals surface area contributed by atoms with E-state index in [-0.39, 0.29) is 29.9 Å². The van der Waals surface area contributed by atoms with Gasteiger partial charge in [-0.2, -0.15) is 0 Å². The lowest BCUT2D eigenvalue weighted by atomic mass is 9.68. The van der Waals surface area contributed by atoms with Crippen molar-refractivity contribution in [3.63, 3.8) is 0 Å². The first-order chi connectivity index (χ1) is 14.2. The molecule has 1 saturated heterocycles. The highest BCUT2D eigenvalue weighted by Gasteiger charge is 2.43. The molecule has 0 bridgehead atoms. The number of carbonyl (C=O) groups excluding carboxylic acids is 2. The highest BCUT2D eigenvalue weighted by atomic mass is 79.9. The summed E-state index contributed by atoms with van der Waals surface area (Å²) in [4.78, 5) is 26.4. The van der Waals surface area contributed by atoms with Gasteiger partial charge in [0.1, 0.15) is 6.61 Å². The van der Waals surface area contributed by atoms with E-state index in [1.165, 1.54) is 0 Å². The van der Waals surface area contributed by atoms with Gasteiger partial charge >= 0.3 is 5.97 Å². The van der Waals surface area contributed by atoms with Crippen LogP contribution in [-0.4, -0.2) is 31.1 Å². The Labute approximate surface area is 186 Å². The van der Waals surface area contributed by atoms with Crippen molar-refractivity contribution < 1.29 is 19.1 Å². The number of carbonyl (C=O) groups is 2. The van der Waals surface area contributed by atoms with Crippen molar-refractivity contribution in [3.05, 3.63) is 56.8 Å². The Kier molecular flexibility index (Phi) is 5.90. The average molecular weight is 474 g/mol. The third kappa shape index (κ3) is 4.26. The van der Waals surface area contributed by atoms with Crippen LogP contribution < -0.4 is 5.32 Å². The van der Waals surface area contributed by atoms with Gasteiger partial charge in [-0.15, -0.1) is 0 Å². The summed E-state index contributed by atoms with van der Waals surface area (Å²) in [7, 11) is 0. The molecule has 30 heavy (non-hydrogen) atoms. The van der Waals surface area contributed by atoms with Crippen LogP contribution in [0.1, 0.15) is 57.9 Å². The number of Topliss-reactive ketones (excluding diaryl/α,β-unsaturated/α-hetero) is 1. The normalized spacial score (nSPS) is 25.8. The van der Waals surface area contributed by atoms with Crippen LogP contribution in [-0.2, 0) is 19.1 Å². The molecule has 6 heteroatoms. The summed E-state index contributed by atoms with van der Waals surface area (Å²) in [6.07, 6.45) is 3.11. The molecule has 0 saturated carbocycles. The highest BCUT2D eigenvalue weighted by molar-refractivity contribution is 9.10. The zero-order chi connectivity index (χ0) is 21.5. The number of ketones is 1. The Morgan fingerprint density at radius 2 is 2.00 bits per heavy atom. The van der Waals surface area contributed by atoms with Gasteiger partial charge in [-0.25, -0.2) is 4.79 Å². The molecule has 160 valence electrons. The predicted octanol–water partition coefficient (Wildman–Crippen LogP) is 4.78. The quantitative estimate of drug-likeness (QED) is 0.637. The smallest absolute Gasteiger partial charge is 0.336 e. The molecular formula is C24H28BrNO4. The molecule has 4 rings (SSSR count). The number of benzene rings is 1. The van der Waals surface area contributed by atoms with Crippen molar-refractivity contribution in [2.45, 2.75) is 58.5 Å². The second-order valence-corrected chi connectivity index (χ2v) is 10.1. The first kappa shape index (κ1) is 21.3.